The van der Waals surface area contributed by atoms with Gasteiger partial charge in [-0.05, 0) is 31.5 Å². The molecule has 0 aliphatic heterocycles. The van der Waals surface area contributed by atoms with Crippen molar-refractivity contribution in [2.75, 3.05) is 6.54 Å². The minimum atomic E-state index is 0.0974. The Balaban J connectivity index is 1.71. The second-order valence-electron chi connectivity index (χ2n) is 5.36. The molecule has 0 radical (unpaired) electrons. The summed E-state index contributed by atoms with van der Waals surface area (Å²) in [4.78, 5) is 11.8. The second-order valence-corrected chi connectivity index (χ2v) is 5.36. The molecule has 5 nitrogen and oxygen atoms in total. The Morgan fingerprint density at radius 2 is 1.91 bits per heavy atom. The van der Waals surface area contributed by atoms with Gasteiger partial charge in [0.25, 0.3) is 0 Å². The van der Waals surface area contributed by atoms with Gasteiger partial charge in [0.2, 0.25) is 5.91 Å². The van der Waals surface area contributed by atoms with Crippen LogP contribution in [0.3, 0.4) is 0 Å². The Hall–Kier alpha value is -2.14. The zero-order valence-corrected chi connectivity index (χ0v) is 12.9. The van der Waals surface area contributed by atoms with Gasteiger partial charge in [0.15, 0.2) is 0 Å². The number of nitrogens with one attached hydrogen (secondary N) is 1. The largest absolute Gasteiger partial charge is 0.352 e. The molecule has 0 unspecified atom stereocenters. The van der Waals surface area contributed by atoms with Gasteiger partial charge in [-0.15, -0.1) is 0 Å². The molecule has 2 aromatic rings. The summed E-state index contributed by atoms with van der Waals surface area (Å²) in [6.07, 6.45) is 8.45. The molecule has 0 bridgehead atoms. The number of aromatic nitrogens is 2. The maximum absolute atomic E-state index is 11.8. The average molecular weight is 300 g/mol. The summed E-state index contributed by atoms with van der Waals surface area (Å²) in [5.74, 6) is 0.0974. The van der Waals surface area contributed by atoms with Gasteiger partial charge >= 0.3 is 0 Å². The van der Waals surface area contributed by atoms with Gasteiger partial charge in [-0.25, -0.2) is 4.68 Å². The van der Waals surface area contributed by atoms with E-state index in [-0.39, 0.29) is 5.91 Å². The zero-order valence-electron chi connectivity index (χ0n) is 12.9. The molecule has 1 amide bonds. The summed E-state index contributed by atoms with van der Waals surface area (Å²) in [6.45, 7) is 1.26. The van der Waals surface area contributed by atoms with Crippen LogP contribution in [0.4, 0.5) is 0 Å². The maximum atomic E-state index is 11.8. The third kappa shape index (κ3) is 5.33. The fourth-order valence-electron chi connectivity index (χ4n) is 2.25. The molecule has 1 heterocycles. The van der Waals surface area contributed by atoms with Crippen molar-refractivity contribution < 1.29 is 4.79 Å². The summed E-state index contributed by atoms with van der Waals surface area (Å²) in [5.41, 5.74) is 7.45. The quantitative estimate of drug-likeness (QED) is 0.698. The molecule has 2 rings (SSSR count). The summed E-state index contributed by atoms with van der Waals surface area (Å²) in [6, 6.07) is 9.92. The van der Waals surface area contributed by atoms with Crippen molar-refractivity contribution in [2.24, 2.45) is 5.73 Å². The average Bonchev–Trinajstić information content (AvgIpc) is 3.02. The van der Waals surface area contributed by atoms with E-state index in [9.17, 15) is 4.79 Å². The standard InChI is InChI=1S/C17H24N4O/c18-11-7-2-1-6-10-17(22)19-12-15-13-20-21(14-15)16-8-4-3-5-9-16/h3-5,8-9,13-14H,1-2,6-7,10-12,18H2,(H,19,22). The fraction of sp³-hybridized carbons (Fsp3) is 0.412. The number of benzene rings is 1. The van der Waals surface area contributed by atoms with Crippen LogP contribution in [0.25, 0.3) is 5.69 Å². The predicted octanol–water partition coefficient (Wildman–Crippen LogP) is 2.40. The molecule has 118 valence electrons. The number of rotatable bonds is 9. The van der Waals surface area contributed by atoms with E-state index in [1.54, 1.807) is 6.20 Å². The lowest BCUT2D eigenvalue weighted by Crippen LogP contribution is -2.22. The van der Waals surface area contributed by atoms with Gasteiger partial charge in [-0.3, -0.25) is 4.79 Å². The number of para-hydroxylation sites is 1. The molecule has 0 spiro atoms. The van der Waals surface area contributed by atoms with E-state index < -0.39 is 0 Å². The molecule has 0 aliphatic carbocycles. The molecule has 0 saturated carbocycles. The highest BCUT2D eigenvalue weighted by atomic mass is 16.1. The Bertz CT molecular complexity index is 565. The molecule has 5 heteroatoms. The Labute approximate surface area is 131 Å². The molecular weight excluding hydrogens is 276 g/mol. The number of unbranched alkanes of at least 4 members (excludes halogenated alkanes) is 3. The van der Waals surface area contributed by atoms with Crippen LogP contribution in [-0.2, 0) is 11.3 Å². The van der Waals surface area contributed by atoms with Crippen LogP contribution in [0.1, 0.15) is 37.7 Å². The molecule has 3 N–H and O–H groups in total. The zero-order chi connectivity index (χ0) is 15.6. The Morgan fingerprint density at radius 3 is 2.68 bits per heavy atom. The number of nitrogens with two attached hydrogens (primary N) is 1. The van der Waals surface area contributed by atoms with Crippen molar-refractivity contribution >= 4 is 5.91 Å². The van der Waals surface area contributed by atoms with Crippen molar-refractivity contribution in [3.63, 3.8) is 0 Å². The number of hydrogen-bond acceptors (Lipinski definition) is 3. The van der Waals surface area contributed by atoms with Crippen LogP contribution in [0.2, 0.25) is 0 Å². The normalized spacial score (nSPS) is 10.6. The molecule has 0 fully saturated rings. The van der Waals surface area contributed by atoms with E-state index in [0.717, 1.165) is 43.5 Å². The lowest BCUT2D eigenvalue weighted by Gasteiger charge is -2.03. The van der Waals surface area contributed by atoms with Crippen molar-refractivity contribution in [3.05, 3.63) is 48.3 Å². The van der Waals surface area contributed by atoms with Crippen LogP contribution in [0, 0.1) is 0 Å². The van der Waals surface area contributed by atoms with E-state index >= 15 is 0 Å². The Morgan fingerprint density at radius 1 is 1.14 bits per heavy atom. The number of hydrogen-bond donors (Lipinski definition) is 2. The number of carbonyl (C=O) groups is 1. The molecule has 1 aromatic heterocycles. The fourth-order valence-corrected chi connectivity index (χ4v) is 2.25. The summed E-state index contributed by atoms with van der Waals surface area (Å²) in [5, 5.41) is 7.25. The van der Waals surface area contributed by atoms with Gasteiger partial charge in [-0.1, -0.05) is 31.0 Å². The van der Waals surface area contributed by atoms with Crippen molar-refractivity contribution in [1.82, 2.24) is 15.1 Å². The van der Waals surface area contributed by atoms with Crippen molar-refractivity contribution in [3.8, 4) is 5.69 Å². The van der Waals surface area contributed by atoms with Crippen LogP contribution >= 0.6 is 0 Å². The molecule has 0 aliphatic rings. The minimum absolute atomic E-state index is 0.0974. The molecule has 0 saturated heterocycles. The first-order valence-electron chi connectivity index (χ1n) is 7.85. The first-order valence-corrected chi connectivity index (χ1v) is 7.85. The maximum Gasteiger partial charge on any atom is 0.220 e. The van der Waals surface area contributed by atoms with E-state index in [1.165, 1.54) is 0 Å². The van der Waals surface area contributed by atoms with E-state index in [1.807, 2.05) is 41.2 Å². The number of carbonyl (C=O) groups excluding carboxylic acids is 1. The van der Waals surface area contributed by atoms with E-state index in [0.29, 0.717) is 13.0 Å². The van der Waals surface area contributed by atoms with Gasteiger partial charge in [0.05, 0.1) is 11.9 Å². The van der Waals surface area contributed by atoms with Gasteiger partial charge < -0.3 is 11.1 Å². The summed E-state index contributed by atoms with van der Waals surface area (Å²) >= 11 is 0. The lowest BCUT2D eigenvalue weighted by atomic mass is 10.1. The highest BCUT2D eigenvalue weighted by Crippen LogP contribution is 2.08. The topological polar surface area (TPSA) is 72.9 Å². The van der Waals surface area contributed by atoms with Crippen molar-refractivity contribution in [2.45, 2.75) is 38.6 Å². The van der Waals surface area contributed by atoms with Crippen LogP contribution in [0.5, 0.6) is 0 Å². The van der Waals surface area contributed by atoms with E-state index in [4.69, 9.17) is 5.73 Å². The number of amides is 1. The smallest absolute Gasteiger partial charge is 0.220 e. The van der Waals surface area contributed by atoms with Crippen LogP contribution in [-0.4, -0.2) is 22.2 Å². The van der Waals surface area contributed by atoms with Gasteiger partial charge in [-0.2, -0.15) is 5.10 Å². The van der Waals surface area contributed by atoms with Crippen LogP contribution in [0.15, 0.2) is 42.7 Å². The molecule has 0 atom stereocenters. The summed E-state index contributed by atoms with van der Waals surface area (Å²) < 4.78 is 1.81. The first-order chi connectivity index (χ1) is 10.8. The van der Waals surface area contributed by atoms with Gasteiger partial charge in [0.1, 0.15) is 0 Å². The van der Waals surface area contributed by atoms with Gasteiger partial charge in [0, 0.05) is 24.7 Å². The first kappa shape index (κ1) is 16.2. The number of nitrogens with zero attached hydrogens (tertiary/aromatic N) is 2. The molecule has 22 heavy (non-hydrogen) atoms. The third-order valence-corrected chi connectivity index (χ3v) is 3.50. The van der Waals surface area contributed by atoms with E-state index in [2.05, 4.69) is 10.4 Å². The van der Waals surface area contributed by atoms with Crippen molar-refractivity contribution in [1.29, 1.82) is 0 Å². The second kappa shape index (κ2) is 9.00. The highest BCUT2D eigenvalue weighted by molar-refractivity contribution is 5.75. The third-order valence-electron chi connectivity index (χ3n) is 3.50. The molecule has 1 aromatic carbocycles. The molecular formula is C17H24N4O. The monoisotopic (exact) mass is 300 g/mol. The lowest BCUT2D eigenvalue weighted by molar-refractivity contribution is -0.121. The predicted molar refractivity (Wildman–Crippen MR) is 87.6 cm³/mol. The van der Waals surface area contributed by atoms with Crippen LogP contribution < -0.4 is 11.1 Å². The Kier molecular flexibility index (Phi) is 6.64. The summed E-state index contributed by atoms with van der Waals surface area (Å²) in [7, 11) is 0. The SMILES string of the molecule is NCCCCCCC(=O)NCc1cnn(-c2ccccc2)c1. The highest BCUT2D eigenvalue weighted by Gasteiger charge is 2.04. The minimum Gasteiger partial charge on any atom is -0.352 e.